The molecule has 0 aliphatic heterocycles. The minimum Gasteiger partial charge on any atom is -0.352 e. The first kappa shape index (κ1) is 11.8. The third-order valence-electron chi connectivity index (χ3n) is 1.41. The van der Waals surface area contributed by atoms with Crippen molar-refractivity contribution in [1.82, 2.24) is 0 Å². The molecule has 0 atom stereocenters. The molecule has 4 nitrogen and oxygen atoms in total. The van der Waals surface area contributed by atoms with Gasteiger partial charge in [0, 0.05) is 6.61 Å². The molecule has 0 aromatic carbocycles. The first-order chi connectivity index (χ1) is 5.91. The summed E-state index contributed by atoms with van der Waals surface area (Å²) >= 11 is 0. The quantitative estimate of drug-likeness (QED) is 0.234. The van der Waals surface area contributed by atoms with Gasteiger partial charge in [0.15, 0.2) is 6.79 Å². The molecule has 0 N–H and O–H groups in total. The molecule has 73 valence electrons. The maximum Gasteiger partial charge on any atom is 0.214 e. The van der Waals surface area contributed by atoms with Crippen LogP contribution in [0.1, 0.15) is 32.6 Å². The van der Waals surface area contributed by atoms with Gasteiger partial charge in [-0.15, -0.1) is 0 Å². The third-order valence-corrected chi connectivity index (χ3v) is 1.41. The number of unbranched alkanes of at least 4 members (excludes halogenated alkanes) is 3. The van der Waals surface area contributed by atoms with Crippen molar-refractivity contribution in [2.24, 2.45) is 0 Å². The molecular formula is C8H17O4. The predicted molar refractivity (Wildman–Crippen MR) is 42.7 cm³/mol. The predicted octanol–water partition coefficient (Wildman–Crippen LogP) is 1.88. The van der Waals surface area contributed by atoms with Crippen LogP contribution >= 0.6 is 0 Å². The molecule has 0 saturated heterocycles. The van der Waals surface area contributed by atoms with Crippen molar-refractivity contribution in [3.8, 4) is 0 Å². The van der Waals surface area contributed by atoms with Gasteiger partial charge in [-0.05, 0) is 6.42 Å². The van der Waals surface area contributed by atoms with Crippen LogP contribution in [0.3, 0.4) is 0 Å². The standard InChI is InChI=1S/C8H17O4/c1-2-3-4-5-6-10-8-12-11-7-9/h2-8H2,1H3. The third kappa shape index (κ3) is 9.84. The highest BCUT2D eigenvalue weighted by Gasteiger charge is 1.89. The maximum atomic E-state index is 9.70. The van der Waals surface area contributed by atoms with Gasteiger partial charge in [0.1, 0.15) is 0 Å². The molecule has 0 aliphatic carbocycles. The van der Waals surface area contributed by atoms with E-state index in [9.17, 15) is 5.11 Å². The second-order valence-corrected chi connectivity index (χ2v) is 2.44. The normalized spacial score (nSPS) is 10.5. The highest BCUT2D eigenvalue weighted by atomic mass is 17.2. The summed E-state index contributed by atoms with van der Waals surface area (Å²) in [5.74, 6) is 0. The Labute approximate surface area is 73.4 Å². The summed E-state index contributed by atoms with van der Waals surface area (Å²) in [4.78, 5) is 8.44. The molecule has 0 aliphatic rings. The van der Waals surface area contributed by atoms with Crippen LogP contribution < -0.4 is 0 Å². The summed E-state index contributed by atoms with van der Waals surface area (Å²) in [5.41, 5.74) is 0. The van der Waals surface area contributed by atoms with Crippen LogP contribution in [-0.2, 0) is 19.6 Å². The SMILES string of the molecule is CCCCCCOCOOC[O]. The molecule has 0 rings (SSSR count). The van der Waals surface area contributed by atoms with E-state index in [2.05, 4.69) is 16.7 Å². The van der Waals surface area contributed by atoms with E-state index in [1.807, 2.05) is 0 Å². The van der Waals surface area contributed by atoms with E-state index in [0.717, 1.165) is 6.42 Å². The summed E-state index contributed by atoms with van der Waals surface area (Å²) in [6.45, 7) is 2.20. The van der Waals surface area contributed by atoms with Gasteiger partial charge in [0.2, 0.25) is 6.79 Å². The van der Waals surface area contributed by atoms with E-state index in [-0.39, 0.29) is 6.79 Å². The van der Waals surface area contributed by atoms with Gasteiger partial charge in [-0.1, -0.05) is 26.2 Å². The fourth-order valence-electron chi connectivity index (χ4n) is 0.792. The van der Waals surface area contributed by atoms with E-state index >= 15 is 0 Å². The largest absolute Gasteiger partial charge is 0.352 e. The Kier molecular flexibility index (Phi) is 10.7. The van der Waals surface area contributed by atoms with Crippen molar-refractivity contribution in [3.05, 3.63) is 0 Å². The molecule has 0 bridgehead atoms. The summed E-state index contributed by atoms with van der Waals surface area (Å²) in [5, 5.41) is 9.70. The molecule has 12 heavy (non-hydrogen) atoms. The van der Waals surface area contributed by atoms with Crippen molar-refractivity contribution >= 4 is 0 Å². The fraction of sp³-hybridized carbons (Fsp3) is 1.00. The lowest BCUT2D eigenvalue weighted by Crippen LogP contribution is -2.02. The molecule has 1 radical (unpaired) electrons. The highest BCUT2D eigenvalue weighted by Crippen LogP contribution is 1.98. The van der Waals surface area contributed by atoms with Crippen molar-refractivity contribution < 1.29 is 19.6 Å². The Hall–Kier alpha value is -0.160. The molecule has 0 fully saturated rings. The summed E-state index contributed by atoms with van der Waals surface area (Å²) in [7, 11) is 0. The van der Waals surface area contributed by atoms with Crippen molar-refractivity contribution in [1.29, 1.82) is 0 Å². The fourth-order valence-corrected chi connectivity index (χ4v) is 0.792. The van der Waals surface area contributed by atoms with Gasteiger partial charge >= 0.3 is 0 Å². The molecular weight excluding hydrogens is 160 g/mol. The monoisotopic (exact) mass is 177 g/mol. The molecule has 0 spiro atoms. The number of ether oxygens (including phenoxy) is 1. The van der Waals surface area contributed by atoms with Gasteiger partial charge in [-0.3, -0.25) is 0 Å². The van der Waals surface area contributed by atoms with Crippen LogP contribution in [-0.4, -0.2) is 20.2 Å². The topological polar surface area (TPSA) is 47.6 Å². The lowest BCUT2D eigenvalue weighted by atomic mass is 10.2. The Bertz CT molecular complexity index is 67.5. The zero-order valence-corrected chi connectivity index (χ0v) is 7.58. The van der Waals surface area contributed by atoms with Crippen molar-refractivity contribution in [3.63, 3.8) is 0 Å². The number of hydrogen-bond acceptors (Lipinski definition) is 3. The van der Waals surface area contributed by atoms with Crippen LogP contribution in [0.2, 0.25) is 0 Å². The zero-order valence-electron chi connectivity index (χ0n) is 7.58. The molecule has 0 unspecified atom stereocenters. The van der Waals surface area contributed by atoms with Crippen LogP contribution in [0.5, 0.6) is 0 Å². The van der Waals surface area contributed by atoms with E-state index in [1.54, 1.807) is 0 Å². The Morgan fingerprint density at radius 3 is 2.58 bits per heavy atom. The minimum absolute atomic E-state index is 0.0500. The molecule has 4 heteroatoms. The van der Waals surface area contributed by atoms with Gasteiger partial charge in [0.05, 0.1) is 0 Å². The van der Waals surface area contributed by atoms with Gasteiger partial charge in [0.25, 0.3) is 0 Å². The Balaban J connectivity index is 2.73. The van der Waals surface area contributed by atoms with E-state index in [1.165, 1.54) is 19.3 Å². The molecule has 0 heterocycles. The average Bonchev–Trinajstić information content (AvgIpc) is 2.10. The Morgan fingerprint density at radius 2 is 1.92 bits per heavy atom. The first-order valence-corrected chi connectivity index (χ1v) is 4.32. The second-order valence-electron chi connectivity index (χ2n) is 2.44. The minimum atomic E-state index is -0.681. The van der Waals surface area contributed by atoms with Crippen LogP contribution in [0.25, 0.3) is 0 Å². The van der Waals surface area contributed by atoms with E-state index in [0.29, 0.717) is 6.61 Å². The second kappa shape index (κ2) is 10.8. The molecule has 0 amide bonds. The lowest BCUT2D eigenvalue weighted by Gasteiger charge is -2.02. The molecule has 0 saturated carbocycles. The smallest absolute Gasteiger partial charge is 0.214 e. The first-order valence-electron chi connectivity index (χ1n) is 4.32. The zero-order chi connectivity index (χ0) is 9.07. The highest BCUT2D eigenvalue weighted by molar-refractivity contribution is 4.37. The molecule has 0 aromatic rings. The summed E-state index contributed by atoms with van der Waals surface area (Å²) in [6.07, 6.45) is 4.67. The van der Waals surface area contributed by atoms with Crippen molar-refractivity contribution in [2.45, 2.75) is 32.6 Å². The van der Waals surface area contributed by atoms with E-state index in [4.69, 9.17) is 4.74 Å². The summed E-state index contributed by atoms with van der Waals surface area (Å²) in [6, 6.07) is 0. The van der Waals surface area contributed by atoms with E-state index < -0.39 is 6.79 Å². The van der Waals surface area contributed by atoms with Crippen LogP contribution in [0.4, 0.5) is 0 Å². The van der Waals surface area contributed by atoms with Crippen LogP contribution in [0.15, 0.2) is 0 Å². The van der Waals surface area contributed by atoms with Crippen molar-refractivity contribution in [2.75, 3.05) is 20.2 Å². The maximum absolute atomic E-state index is 9.70. The number of hydrogen-bond donors (Lipinski definition) is 0. The van der Waals surface area contributed by atoms with Gasteiger partial charge in [-0.2, -0.15) is 0 Å². The van der Waals surface area contributed by atoms with Crippen LogP contribution in [0, 0.1) is 0 Å². The Morgan fingerprint density at radius 1 is 1.08 bits per heavy atom. The van der Waals surface area contributed by atoms with Gasteiger partial charge in [-0.25, -0.2) is 14.9 Å². The lowest BCUT2D eigenvalue weighted by molar-refractivity contribution is -0.371. The molecule has 0 aromatic heterocycles. The average molecular weight is 177 g/mol. The number of rotatable bonds is 9. The summed E-state index contributed by atoms with van der Waals surface area (Å²) < 4.78 is 5.00. The van der Waals surface area contributed by atoms with Gasteiger partial charge < -0.3 is 4.74 Å².